The van der Waals surface area contributed by atoms with Crippen LogP contribution in [-0.2, 0) is 11.3 Å². The number of alkyl halides is 2. The van der Waals surface area contributed by atoms with E-state index in [1.165, 1.54) is 0 Å². The summed E-state index contributed by atoms with van der Waals surface area (Å²) in [4.78, 5) is 14.1. The second kappa shape index (κ2) is 6.03. The van der Waals surface area contributed by atoms with Gasteiger partial charge in [0.1, 0.15) is 4.33 Å². The number of rotatable bonds is 5. The molecule has 106 valence electrons. The molecule has 2 rings (SSSR count). The molecular weight excluding hydrogens is 295 g/mol. The molecule has 0 bridgehead atoms. The van der Waals surface area contributed by atoms with Crippen molar-refractivity contribution in [3.63, 3.8) is 0 Å². The van der Waals surface area contributed by atoms with Gasteiger partial charge in [0.05, 0.1) is 17.6 Å². The lowest BCUT2D eigenvalue weighted by Gasteiger charge is -2.22. The number of nitrogens with zero attached hydrogens (tertiary/aromatic N) is 2. The Labute approximate surface area is 129 Å². The van der Waals surface area contributed by atoms with Crippen molar-refractivity contribution in [3.05, 3.63) is 35.4 Å². The van der Waals surface area contributed by atoms with Gasteiger partial charge in [0.15, 0.2) is 0 Å². The van der Waals surface area contributed by atoms with Crippen LogP contribution in [0.3, 0.4) is 0 Å². The summed E-state index contributed by atoms with van der Waals surface area (Å²) in [6, 6.07) is 9.34. The number of benzene rings is 1. The van der Waals surface area contributed by atoms with Crippen molar-refractivity contribution in [2.24, 2.45) is 5.92 Å². The minimum Gasteiger partial charge on any atom is -0.338 e. The van der Waals surface area contributed by atoms with E-state index in [0.717, 1.165) is 12.0 Å². The second-order valence-electron chi connectivity index (χ2n) is 5.09. The van der Waals surface area contributed by atoms with E-state index >= 15 is 0 Å². The number of hydrogen-bond donors (Lipinski definition) is 0. The van der Waals surface area contributed by atoms with Crippen LogP contribution in [0.5, 0.6) is 0 Å². The molecule has 1 amide bonds. The van der Waals surface area contributed by atoms with Crippen molar-refractivity contribution in [1.29, 1.82) is 5.26 Å². The van der Waals surface area contributed by atoms with E-state index in [9.17, 15) is 4.79 Å². The number of carbonyl (C=O) groups excluding carboxylic acids is 1. The van der Waals surface area contributed by atoms with Crippen LogP contribution < -0.4 is 0 Å². The molecule has 20 heavy (non-hydrogen) atoms. The molecule has 1 fully saturated rings. The number of nitriles is 1. The second-order valence-corrected chi connectivity index (χ2v) is 6.63. The number of amides is 1. The lowest BCUT2D eigenvalue weighted by Crippen LogP contribution is -2.33. The molecule has 0 N–H and O–H groups in total. The van der Waals surface area contributed by atoms with Gasteiger partial charge in [0, 0.05) is 13.1 Å². The maximum absolute atomic E-state index is 12.3. The third-order valence-corrected chi connectivity index (χ3v) is 4.22. The van der Waals surface area contributed by atoms with Gasteiger partial charge in [-0.3, -0.25) is 4.79 Å². The van der Waals surface area contributed by atoms with E-state index in [-0.39, 0.29) is 11.8 Å². The molecule has 0 spiro atoms. The lowest BCUT2D eigenvalue weighted by atomic mass is 10.1. The average molecular weight is 311 g/mol. The topological polar surface area (TPSA) is 44.1 Å². The van der Waals surface area contributed by atoms with Gasteiger partial charge in [0.2, 0.25) is 5.91 Å². The minimum absolute atomic E-state index is 0.0150. The zero-order valence-electron chi connectivity index (χ0n) is 11.3. The van der Waals surface area contributed by atoms with Crippen LogP contribution in [0.15, 0.2) is 24.3 Å². The summed E-state index contributed by atoms with van der Waals surface area (Å²) < 4.78 is -0.881. The van der Waals surface area contributed by atoms with Crippen molar-refractivity contribution in [2.75, 3.05) is 6.54 Å². The summed E-state index contributed by atoms with van der Waals surface area (Å²) in [7, 11) is 0. The molecule has 1 aliphatic carbocycles. The summed E-state index contributed by atoms with van der Waals surface area (Å²) in [6.07, 6.45) is 1.41. The first-order chi connectivity index (χ1) is 9.47. The first-order valence-electron chi connectivity index (χ1n) is 6.63. The first kappa shape index (κ1) is 15.2. The van der Waals surface area contributed by atoms with Crippen molar-refractivity contribution in [1.82, 2.24) is 4.90 Å². The highest BCUT2D eigenvalue weighted by Crippen LogP contribution is 2.54. The minimum atomic E-state index is -0.881. The van der Waals surface area contributed by atoms with E-state index in [0.29, 0.717) is 25.1 Å². The molecule has 0 saturated heterocycles. The number of carbonyl (C=O) groups is 1. The highest BCUT2D eigenvalue weighted by Gasteiger charge is 2.57. The molecule has 3 nitrogen and oxygen atoms in total. The van der Waals surface area contributed by atoms with Crippen LogP contribution in [0.2, 0.25) is 0 Å². The molecule has 1 aliphatic rings. The Bertz CT molecular complexity index is 534. The Morgan fingerprint density at radius 1 is 1.45 bits per heavy atom. The van der Waals surface area contributed by atoms with Gasteiger partial charge < -0.3 is 4.90 Å². The van der Waals surface area contributed by atoms with E-state index in [4.69, 9.17) is 28.5 Å². The van der Waals surface area contributed by atoms with Gasteiger partial charge in [-0.15, -0.1) is 23.2 Å². The Balaban J connectivity index is 2.05. The van der Waals surface area contributed by atoms with Crippen LogP contribution >= 0.6 is 23.2 Å². The Morgan fingerprint density at radius 3 is 2.50 bits per heavy atom. The molecule has 0 heterocycles. The van der Waals surface area contributed by atoms with Crippen LogP contribution in [0.1, 0.15) is 30.9 Å². The van der Waals surface area contributed by atoms with Crippen LogP contribution in [-0.4, -0.2) is 21.7 Å². The maximum atomic E-state index is 12.3. The molecule has 1 aromatic carbocycles. The largest absolute Gasteiger partial charge is 0.338 e. The highest BCUT2D eigenvalue weighted by atomic mass is 35.5. The fourth-order valence-electron chi connectivity index (χ4n) is 2.14. The summed E-state index contributed by atoms with van der Waals surface area (Å²) in [5.74, 6) is -0.267. The fraction of sp³-hybridized carbons (Fsp3) is 0.467. The molecule has 0 aromatic heterocycles. The van der Waals surface area contributed by atoms with Crippen LogP contribution in [0, 0.1) is 17.2 Å². The quantitative estimate of drug-likeness (QED) is 0.781. The van der Waals surface area contributed by atoms with Crippen molar-refractivity contribution >= 4 is 29.1 Å². The van der Waals surface area contributed by atoms with Crippen LogP contribution in [0.4, 0.5) is 0 Å². The average Bonchev–Trinajstić information content (AvgIpc) is 3.07. The first-order valence-corrected chi connectivity index (χ1v) is 7.39. The molecule has 5 heteroatoms. The normalized spacial score (nSPS) is 19.2. The smallest absolute Gasteiger partial charge is 0.229 e. The van der Waals surface area contributed by atoms with Crippen molar-refractivity contribution in [3.8, 4) is 6.07 Å². The molecular formula is C15H16Cl2N2O. The number of halogens is 2. The molecule has 1 unspecified atom stereocenters. The van der Waals surface area contributed by atoms with Gasteiger partial charge >= 0.3 is 0 Å². The third-order valence-electron chi connectivity index (χ3n) is 3.39. The highest BCUT2D eigenvalue weighted by molar-refractivity contribution is 6.52. The Kier molecular flexibility index (Phi) is 4.57. The standard InChI is InChI=1S/C15H16Cl2N2O/c1-2-7-19(14(20)13-8-15(13,16)17)10-12-5-3-11(9-18)4-6-12/h3-6,13H,2,7-8,10H2,1H3. The van der Waals surface area contributed by atoms with Gasteiger partial charge in [0.25, 0.3) is 0 Å². The summed E-state index contributed by atoms with van der Waals surface area (Å²) in [6.45, 7) is 3.23. The number of hydrogen-bond acceptors (Lipinski definition) is 2. The lowest BCUT2D eigenvalue weighted by molar-refractivity contribution is -0.133. The molecule has 1 aromatic rings. The maximum Gasteiger partial charge on any atom is 0.229 e. The summed E-state index contributed by atoms with van der Waals surface area (Å²) >= 11 is 11.9. The third kappa shape index (κ3) is 3.45. The van der Waals surface area contributed by atoms with E-state index in [1.54, 1.807) is 17.0 Å². The van der Waals surface area contributed by atoms with Gasteiger partial charge in [-0.25, -0.2) is 0 Å². The van der Waals surface area contributed by atoms with Gasteiger partial charge in [-0.2, -0.15) is 5.26 Å². The Hall–Kier alpha value is -1.24. The van der Waals surface area contributed by atoms with Crippen molar-refractivity contribution < 1.29 is 4.79 Å². The molecule has 1 saturated carbocycles. The Morgan fingerprint density at radius 2 is 2.05 bits per heavy atom. The molecule has 1 atom stereocenters. The van der Waals surface area contributed by atoms with E-state index < -0.39 is 4.33 Å². The van der Waals surface area contributed by atoms with E-state index in [1.807, 2.05) is 19.1 Å². The predicted molar refractivity (Wildman–Crippen MR) is 79.4 cm³/mol. The fourth-order valence-corrected chi connectivity index (χ4v) is 2.64. The van der Waals surface area contributed by atoms with Gasteiger partial charge in [-0.05, 0) is 30.5 Å². The van der Waals surface area contributed by atoms with Crippen LogP contribution in [0.25, 0.3) is 0 Å². The van der Waals surface area contributed by atoms with Gasteiger partial charge in [-0.1, -0.05) is 19.1 Å². The summed E-state index contributed by atoms with van der Waals surface area (Å²) in [5, 5.41) is 8.78. The zero-order valence-corrected chi connectivity index (χ0v) is 12.8. The van der Waals surface area contributed by atoms with E-state index in [2.05, 4.69) is 6.07 Å². The summed E-state index contributed by atoms with van der Waals surface area (Å²) in [5.41, 5.74) is 1.62. The SMILES string of the molecule is CCCN(Cc1ccc(C#N)cc1)C(=O)C1CC1(Cl)Cl. The molecule has 0 aliphatic heterocycles. The van der Waals surface area contributed by atoms with Crippen molar-refractivity contribution in [2.45, 2.75) is 30.6 Å². The predicted octanol–water partition coefficient (Wildman–Crippen LogP) is 3.49. The zero-order chi connectivity index (χ0) is 14.8. The monoisotopic (exact) mass is 310 g/mol. The molecule has 0 radical (unpaired) electrons.